The van der Waals surface area contributed by atoms with Crippen LogP contribution in [0.3, 0.4) is 0 Å². The third-order valence-corrected chi connectivity index (χ3v) is 5.03. The Morgan fingerprint density at radius 1 is 1.31 bits per heavy atom. The van der Waals surface area contributed by atoms with Crippen LogP contribution in [0.25, 0.3) is 16.8 Å². The predicted molar refractivity (Wildman–Crippen MR) is 105 cm³/mol. The van der Waals surface area contributed by atoms with Crippen LogP contribution in [0, 0.1) is 11.3 Å². The van der Waals surface area contributed by atoms with Crippen LogP contribution >= 0.6 is 0 Å². The molecule has 4 rings (SSSR count). The van der Waals surface area contributed by atoms with Crippen molar-refractivity contribution in [1.82, 2.24) is 29.3 Å². The van der Waals surface area contributed by atoms with Gasteiger partial charge in [-0.25, -0.2) is 9.50 Å². The van der Waals surface area contributed by atoms with E-state index in [4.69, 9.17) is 4.74 Å². The van der Waals surface area contributed by atoms with Crippen LogP contribution in [0.4, 0.5) is 0 Å². The second-order valence-corrected chi connectivity index (χ2v) is 7.00. The van der Waals surface area contributed by atoms with E-state index < -0.39 is 0 Å². The summed E-state index contributed by atoms with van der Waals surface area (Å²) in [6, 6.07) is 2.15. The molecule has 4 heterocycles. The third kappa shape index (κ3) is 3.69. The minimum atomic E-state index is -0.112. The lowest BCUT2D eigenvalue weighted by molar-refractivity contribution is -0.126. The molecule has 0 saturated carbocycles. The molecule has 0 aromatic carbocycles. The topological polar surface area (TPSA) is 101 Å². The van der Waals surface area contributed by atoms with Crippen molar-refractivity contribution in [3.05, 3.63) is 43.0 Å². The van der Waals surface area contributed by atoms with E-state index in [0.29, 0.717) is 42.2 Å². The Labute approximate surface area is 167 Å². The van der Waals surface area contributed by atoms with Gasteiger partial charge in [0.25, 0.3) is 0 Å². The molecule has 1 atom stereocenters. The number of amides is 1. The molecule has 0 radical (unpaired) electrons. The minimum absolute atomic E-state index is 0.0627. The number of aromatic nitrogens is 5. The van der Waals surface area contributed by atoms with Crippen molar-refractivity contribution in [2.75, 3.05) is 13.1 Å². The molecule has 0 spiro atoms. The van der Waals surface area contributed by atoms with E-state index in [1.807, 2.05) is 13.2 Å². The average Bonchev–Trinajstić information content (AvgIpc) is 3.28. The molecule has 148 valence electrons. The summed E-state index contributed by atoms with van der Waals surface area (Å²) in [4.78, 5) is 18.4. The van der Waals surface area contributed by atoms with Gasteiger partial charge in [0.1, 0.15) is 23.3 Å². The number of carbonyl (C=O) groups is 1. The number of ether oxygens (including phenoxy) is 1. The second-order valence-electron chi connectivity index (χ2n) is 7.00. The summed E-state index contributed by atoms with van der Waals surface area (Å²) < 4.78 is 9.58. The lowest BCUT2D eigenvalue weighted by atomic mass is 10.1. The van der Waals surface area contributed by atoms with Crippen LogP contribution in [0.5, 0.6) is 5.88 Å². The number of fused-ring (bicyclic) bond motifs is 1. The monoisotopic (exact) mass is 391 g/mol. The van der Waals surface area contributed by atoms with E-state index in [9.17, 15) is 10.1 Å². The number of rotatable bonds is 4. The van der Waals surface area contributed by atoms with Gasteiger partial charge in [0.15, 0.2) is 0 Å². The molecule has 1 amide bonds. The average molecular weight is 391 g/mol. The van der Waals surface area contributed by atoms with E-state index >= 15 is 0 Å². The highest BCUT2D eigenvalue weighted by atomic mass is 16.5. The third-order valence-electron chi connectivity index (χ3n) is 5.03. The van der Waals surface area contributed by atoms with Gasteiger partial charge in [-0.3, -0.25) is 9.48 Å². The van der Waals surface area contributed by atoms with E-state index in [1.54, 1.807) is 26.5 Å². The van der Waals surface area contributed by atoms with Crippen LogP contribution in [-0.2, 0) is 11.8 Å². The van der Waals surface area contributed by atoms with E-state index in [0.717, 1.165) is 18.4 Å². The smallest absolute Gasteiger partial charge is 0.245 e. The summed E-state index contributed by atoms with van der Waals surface area (Å²) in [5, 5.41) is 17.9. The molecule has 1 fully saturated rings. The van der Waals surface area contributed by atoms with Crippen LogP contribution in [-0.4, -0.2) is 54.4 Å². The number of nitrogens with zero attached hydrogens (tertiary/aromatic N) is 7. The molecule has 0 N–H and O–H groups in total. The Bertz CT molecular complexity index is 1110. The molecule has 29 heavy (non-hydrogen) atoms. The molecule has 9 nitrogen and oxygen atoms in total. The highest BCUT2D eigenvalue weighted by Crippen LogP contribution is 2.28. The van der Waals surface area contributed by atoms with Crippen molar-refractivity contribution < 1.29 is 9.53 Å². The molecule has 0 aliphatic carbocycles. The van der Waals surface area contributed by atoms with Gasteiger partial charge in [-0.15, -0.1) is 0 Å². The number of aryl methyl sites for hydroxylation is 1. The maximum Gasteiger partial charge on any atom is 0.245 e. The van der Waals surface area contributed by atoms with Crippen LogP contribution in [0.15, 0.2) is 37.4 Å². The second kappa shape index (κ2) is 7.75. The molecule has 1 aliphatic heterocycles. The Kier molecular flexibility index (Phi) is 4.99. The number of carbonyl (C=O) groups excluding carboxylic acids is 1. The zero-order valence-electron chi connectivity index (χ0n) is 16.2. The summed E-state index contributed by atoms with van der Waals surface area (Å²) in [6.45, 7) is 4.84. The highest BCUT2D eigenvalue weighted by molar-refractivity contribution is 5.87. The van der Waals surface area contributed by atoms with E-state index in [2.05, 4.69) is 27.8 Å². The van der Waals surface area contributed by atoms with Crippen molar-refractivity contribution in [3.63, 3.8) is 0 Å². The van der Waals surface area contributed by atoms with Gasteiger partial charge in [-0.1, -0.05) is 6.58 Å². The van der Waals surface area contributed by atoms with Gasteiger partial charge in [-0.05, 0) is 18.9 Å². The van der Waals surface area contributed by atoms with Crippen LogP contribution in [0.1, 0.15) is 24.8 Å². The maximum atomic E-state index is 11.9. The Morgan fingerprint density at radius 3 is 2.90 bits per heavy atom. The summed E-state index contributed by atoms with van der Waals surface area (Å²) in [5.74, 6) is 0.307. The number of likely N-dealkylation sites (tertiary alicyclic amines) is 1. The molecule has 3 aromatic rings. The molecule has 9 heteroatoms. The van der Waals surface area contributed by atoms with Crippen molar-refractivity contribution in [2.45, 2.75) is 25.4 Å². The fraction of sp³-hybridized carbons (Fsp3) is 0.350. The van der Waals surface area contributed by atoms with Crippen molar-refractivity contribution in [2.24, 2.45) is 7.05 Å². The zero-order chi connectivity index (χ0) is 20.4. The van der Waals surface area contributed by atoms with E-state index in [-0.39, 0.29) is 12.0 Å². The van der Waals surface area contributed by atoms with Gasteiger partial charge in [0.05, 0.1) is 24.3 Å². The Balaban J connectivity index is 1.66. The van der Waals surface area contributed by atoms with Crippen LogP contribution < -0.4 is 4.74 Å². The first-order valence-corrected chi connectivity index (χ1v) is 9.44. The normalized spacial score (nSPS) is 17.0. The summed E-state index contributed by atoms with van der Waals surface area (Å²) >= 11 is 0. The quantitative estimate of drug-likeness (QED) is 0.630. The number of nitriles is 1. The SMILES string of the molecule is C=CC(=O)N1CCC[C@@H](Oc2nc(-c3cnn(C)c3)cn3ncc(C#N)c23)CC1. The molecule has 0 bridgehead atoms. The first-order chi connectivity index (χ1) is 14.1. The van der Waals surface area contributed by atoms with Gasteiger partial charge in [0.2, 0.25) is 11.8 Å². The Morgan fingerprint density at radius 2 is 2.17 bits per heavy atom. The first kappa shape index (κ1) is 18.7. The van der Waals surface area contributed by atoms with Gasteiger partial charge in [-0.2, -0.15) is 15.5 Å². The van der Waals surface area contributed by atoms with Crippen molar-refractivity contribution >= 4 is 11.4 Å². The largest absolute Gasteiger partial charge is 0.473 e. The van der Waals surface area contributed by atoms with Gasteiger partial charge >= 0.3 is 0 Å². The maximum absolute atomic E-state index is 11.9. The van der Waals surface area contributed by atoms with Crippen LogP contribution in [0.2, 0.25) is 0 Å². The Hall–Kier alpha value is -3.67. The van der Waals surface area contributed by atoms with E-state index in [1.165, 1.54) is 12.3 Å². The molecular formula is C20H21N7O2. The fourth-order valence-electron chi connectivity index (χ4n) is 3.53. The lowest BCUT2D eigenvalue weighted by Gasteiger charge is -2.19. The predicted octanol–water partition coefficient (Wildman–Crippen LogP) is 1.95. The standard InChI is InChI=1S/C20H21N7O2/c1-3-18(28)26-7-4-5-16(6-8-26)29-20-19-14(9-21)10-23-27(19)13-17(24-20)15-11-22-25(2)12-15/h3,10-13,16H,1,4-8H2,2H3/t16-/m1/s1. The summed E-state index contributed by atoms with van der Waals surface area (Å²) in [7, 11) is 1.84. The minimum Gasteiger partial charge on any atom is -0.473 e. The zero-order valence-corrected chi connectivity index (χ0v) is 16.2. The van der Waals surface area contributed by atoms with Gasteiger partial charge in [0, 0.05) is 38.3 Å². The highest BCUT2D eigenvalue weighted by Gasteiger charge is 2.23. The summed E-state index contributed by atoms with van der Waals surface area (Å²) in [6.07, 6.45) is 10.4. The van der Waals surface area contributed by atoms with Crippen molar-refractivity contribution in [3.8, 4) is 23.2 Å². The molecule has 0 unspecified atom stereocenters. The molecule has 1 aliphatic rings. The number of hydrogen-bond donors (Lipinski definition) is 0. The van der Waals surface area contributed by atoms with Gasteiger partial charge < -0.3 is 9.64 Å². The fourth-order valence-corrected chi connectivity index (χ4v) is 3.53. The first-order valence-electron chi connectivity index (χ1n) is 9.44. The summed E-state index contributed by atoms with van der Waals surface area (Å²) in [5.41, 5.74) is 2.44. The van der Waals surface area contributed by atoms with Crippen molar-refractivity contribution in [1.29, 1.82) is 5.26 Å². The molecular weight excluding hydrogens is 370 g/mol. The number of hydrogen-bond acceptors (Lipinski definition) is 6. The molecule has 1 saturated heterocycles. The molecule has 3 aromatic heterocycles. The lowest BCUT2D eigenvalue weighted by Crippen LogP contribution is -2.30.